The first-order valence-electron chi connectivity index (χ1n) is 8.51. The Hall–Kier alpha value is -3.59. The number of amides is 1. The van der Waals surface area contributed by atoms with Crippen molar-refractivity contribution in [3.8, 4) is 0 Å². The zero-order valence-electron chi connectivity index (χ0n) is 15.1. The van der Waals surface area contributed by atoms with E-state index in [1.807, 2.05) is 24.3 Å². The smallest absolute Gasteiger partial charge is 0.252 e. The largest absolute Gasteiger partial charge is 0.365 e. The van der Waals surface area contributed by atoms with E-state index in [0.29, 0.717) is 12.0 Å². The monoisotopic (exact) mass is 382 g/mol. The molecule has 0 spiro atoms. The van der Waals surface area contributed by atoms with Crippen molar-refractivity contribution in [2.24, 2.45) is 11.6 Å². The zero-order chi connectivity index (χ0) is 20.3. The summed E-state index contributed by atoms with van der Waals surface area (Å²) in [5.41, 5.74) is 6.61. The molecule has 1 aromatic carbocycles. The molecule has 0 aliphatic heterocycles. The number of para-hydroxylation sites is 1. The molecule has 0 aliphatic carbocycles. The van der Waals surface area contributed by atoms with Crippen molar-refractivity contribution in [1.29, 1.82) is 0 Å². The van der Waals surface area contributed by atoms with E-state index in [9.17, 15) is 14.0 Å². The average molecular weight is 382 g/mol. The number of halogens is 1. The van der Waals surface area contributed by atoms with Crippen LogP contribution in [0.15, 0.2) is 42.6 Å². The molecule has 9 heteroatoms. The highest BCUT2D eigenvalue weighted by Gasteiger charge is 2.21. The summed E-state index contributed by atoms with van der Waals surface area (Å²) in [6.45, 7) is 1.65. The number of nitrogens with one attached hydrogen (secondary N) is 1. The molecule has 2 heterocycles. The molecule has 1 unspecified atom stereocenters. The molecule has 8 nitrogen and oxygen atoms in total. The number of anilines is 3. The second kappa shape index (κ2) is 7.97. The standard InChI is InChI=1S/C19H19FN6O2/c1-11(7-9-27)26(22)19-14(20)10-13(17(21)28)18(25-19)24-16-6-8-23-15-5-3-2-4-12(15)16/h2-6,8-11H,7,22H2,1H3,(H2,21,28)(H,23,24,25). The van der Waals surface area contributed by atoms with Crippen LogP contribution in [-0.4, -0.2) is 28.2 Å². The molecule has 0 saturated carbocycles. The van der Waals surface area contributed by atoms with Crippen molar-refractivity contribution in [1.82, 2.24) is 9.97 Å². The topological polar surface area (TPSA) is 127 Å². The van der Waals surface area contributed by atoms with Crippen molar-refractivity contribution in [3.63, 3.8) is 0 Å². The first-order chi connectivity index (χ1) is 13.4. The lowest BCUT2D eigenvalue weighted by Gasteiger charge is -2.25. The lowest BCUT2D eigenvalue weighted by Crippen LogP contribution is -2.41. The fraction of sp³-hybridized carbons (Fsp3) is 0.158. The fourth-order valence-corrected chi connectivity index (χ4v) is 2.74. The van der Waals surface area contributed by atoms with E-state index in [1.165, 1.54) is 0 Å². The van der Waals surface area contributed by atoms with Gasteiger partial charge in [0.05, 0.1) is 22.8 Å². The zero-order valence-corrected chi connectivity index (χ0v) is 15.1. The first-order valence-corrected chi connectivity index (χ1v) is 8.51. The average Bonchev–Trinajstić information content (AvgIpc) is 2.68. The quantitative estimate of drug-likeness (QED) is 0.325. The van der Waals surface area contributed by atoms with Gasteiger partial charge in [0, 0.05) is 18.0 Å². The van der Waals surface area contributed by atoms with Crippen LogP contribution in [0, 0.1) is 5.82 Å². The molecule has 1 amide bonds. The minimum atomic E-state index is -0.844. The molecule has 0 radical (unpaired) electrons. The number of nitrogens with two attached hydrogens (primary N) is 2. The number of aldehydes is 1. The van der Waals surface area contributed by atoms with E-state index >= 15 is 0 Å². The Balaban J connectivity index is 2.09. The van der Waals surface area contributed by atoms with Gasteiger partial charge in [0.2, 0.25) is 0 Å². The molecule has 2 aromatic heterocycles. The maximum atomic E-state index is 14.5. The molecule has 28 heavy (non-hydrogen) atoms. The molecule has 0 fully saturated rings. The Morgan fingerprint density at radius 2 is 2.11 bits per heavy atom. The lowest BCUT2D eigenvalue weighted by atomic mass is 10.1. The van der Waals surface area contributed by atoms with Crippen LogP contribution in [0.5, 0.6) is 0 Å². The SMILES string of the molecule is CC(CC=O)N(N)c1nc(Nc2ccnc3ccccc23)c(C(N)=O)cc1F. The van der Waals surface area contributed by atoms with E-state index in [4.69, 9.17) is 11.6 Å². The van der Waals surface area contributed by atoms with E-state index < -0.39 is 17.8 Å². The predicted octanol–water partition coefficient (Wildman–Crippen LogP) is 2.27. The highest BCUT2D eigenvalue weighted by Crippen LogP contribution is 2.29. The number of pyridine rings is 2. The highest BCUT2D eigenvalue weighted by atomic mass is 19.1. The van der Waals surface area contributed by atoms with E-state index in [-0.39, 0.29) is 23.6 Å². The van der Waals surface area contributed by atoms with Crippen LogP contribution in [-0.2, 0) is 4.79 Å². The van der Waals surface area contributed by atoms with Gasteiger partial charge in [0.25, 0.3) is 5.91 Å². The van der Waals surface area contributed by atoms with Crippen LogP contribution in [0.1, 0.15) is 23.7 Å². The maximum Gasteiger partial charge on any atom is 0.252 e. The number of benzene rings is 1. The van der Waals surface area contributed by atoms with Crippen LogP contribution in [0.25, 0.3) is 10.9 Å². The maximum absolute atomic E-state index is 14.5. The minimum Gasteiger partial charge on any atom is -0.365 e. The van der Waals surface area contributed by atoms with Crippen LogP contribution in [0.3, 0.4) is 0 Å². The van der Waals surface area contributed by atoms with Gasteiger partial charge in [0.1, 0.15) is 12.1 Å². The van der Waals surface area contributed by atoms with Gasteiger partial charge < -0.3 is 15.8 Å². The Morgan fingerprint density at radius 1 is 1.36 bits per heavy atom. The summed E-state index contributed by atoms with van der Waals surface area (Å²) in [6.07, 6.45) is 2.37. The summed E-state index contributed by atoms with van der Waals surface area (Å²) < 4.78 is 14.5. The second-order valence-electron chi connectivity index (χ2n) is 6.21. The molecule has 144 valence electrons. The Labute approximate surface area is 160 Å². The molecule has 3 aromatic rings. The van der Waals surface area contributed by atoms with Gasteiger partial charge in [-0.15, -0.1) is 0 Å². The molecule has 5 N–H and O–H groups in total. The number of carbonyl (C=O) groups is 2. The molecule has 0 aliphatic rings. The van der Waals surface area contributed by atoms with Crippen LogP contribution >= 0.6 is 0 Å². The van der Waals surface area contributed by atoms with Gasteiger partial charge in [-0.3, -0.25) is 14.8 Å². The van der Waals surface area contributed by atoms with Crippen molar-refractivity contribution in [3.05, 3.63) is 54.0 Å². The van der Waals surface area contributed by atoms with Crippen LogP contribution < -0.4 is 21.9 Å². The molecule has 3 rings (SSSR count). The molecule has 0 bridgehead atoms. The highest BCUT2D eigenvalue weighted by molar-refractivity contribution is 6.00. The summed E-state index contributed by atoms with van der Waals surface area (Å²) >= 11 is 0. The number of hydrogen-bond acceptors (Lipinski definition) is 7. The molecule has 0 saturated heterocycles. The number of primary amides is 1. The number of nitrogens with zero attached hydrogens (tertiary/aromatic N) is 3. The summed E-state index contributed by atoms with van der Waals surface area (Å²) in [6, 6.07) is 9.56. The Morgan fingerprint density at radius 3 is 2.82 bits per heavy atom. The van der Waals surface area contributed by atoms with Crippen LogP contribution in [0.4, 0.5) is 21.7 Å². The third kappa shape index (κ3) is 3.74. The van der Waals surface area contributed by atoms with E-state index in [1.54, 1.807) is 19.2 Å². The Kier molecular flexibility index (Phi) is 5.46. The van der Waals surface area contributed by atoms with Crippen LogP contribution in [0.2, 0.25) is 0 Å². The minimum absolute atomic E-state index is 0.0500. The third-order valence-electron chi connectivity index (χ3n) is 4.28. The third-order valence-corrected chi connectivity index (χ3v) is 4.28. The number of fused-ring (bicyclic) bond motifs is 1. The van der Waals surface area contributed by atoms with Gasteiger partial charge in [0.15, 0.2) is 11.6 Å². The normalized spacial score (nSPS) is 11.8. The summed E-state index contributed by atoms with van der Waals surface area (Å²) in [5.74, 6) is 4.10. The van der Waals surface area contributed by atoms with Crippen molar-refractivity contribution in [2.45, 2.75) is 19.4 Å². The van der Waals surface area contributed by atoms with Crippen molar-refractivity contribution in [2.75, 3.05) is 10.3 Å². The molecular formula is C19H19FN6O2. The van der Waals surface area contributed by atoms with Gasteiger partial charge in [-0.05, 0) is 25.1 Å². The fourth-order valence-electron chi connectivity index (χ4n) is 2.74. The predicted molar refractivity (Wildman–Crippen MR) is 105 cm³/mol. The number of hydrogen-bond donors (Lipinski definition) is 3. The summed E-state index contributed by atoms with van der Waals surface area (Å²) in [4.78, 5) is 31.0. The first kappa shape index (κ1) is 19.2. The van der Waals surface area contributed by atoms with Gasteiger partial charge in [-0.1, -0.05) is 18.2 Å². The summed E-state index contributed by atoms with van der Waals surface area (Å²) in [5, 5.41) is 4.85. The molecular weight excluding hydrogens is 363 g/mol. The second-order valence-corrected chi connectivity index (χ2v) is 6.21. The van der Waals surface area contributed by atoms with Gasteiger partial charge in [-0.25, -0.2) is 15.2 Å². The summed E-state index contributed by atoms with van der Waals surface area (Å²) in [7, 11) is 0. The van der Waals surface area contributed by atoms with E-state index in [2.05, 4.69) is 15.3 Å². The van der Waals surface area contributed by atoms with Gasteiger partial charge >= 0.3 is 0 Å². The number of rotatable bonds is 7. The number of hydrazine groups is 1. The van der Waals surface area contributed by atoms with Crippen molar-refractivity contribution >= 4 is 40.4 Å². The number of carbonyl (C=O) groups excluding carboxylic acids is 2. The molecule has 1 atom stereocenters. The lowest BCUT2D eigenvalue weighted by molar-refractivity contribution is -0.108. The van der Waals surface area contributed by atoms with E-state index in [0.717, 1.165) is 22.0 Å². The van der Waals surface area contributed by atoms with Gasteiger partial charge in [-0.2, -0.15) is 0 Å². The van der Waals surface area contributed by atoms with Crippen molar-refractivity contribution < 1.29 is 14.0 Å². The number of aromatic nitrogens is 2. The Bertz CT molecular complexity index is 1040.